The predicted molar refractivity (Wildman–Crippen MR) is 63.7 cm³/mol. The van der Waals surface area contributed by atoms with Gasteiger partial charge in [0.1, 0.15) is 5.69 Å². The Morgan fingerprint density at radius 1 is 1.50 bits per heavy atom. The molecule has 0 spiro atoms. The highest BCUT2D eigenvalue weighted by Crippen LogP contribution is 2.33. The molecule has 1 aliphatic heterocycles. The average Bonchev–Trinajstić information content (AvgIpc) is 2.54. The lowest BCUT2D eigenvalue weighted by atomic mass is 10.2. The van der Waals surface area contributed by atoms with Gasteiger partial charge in [0.25, 0.3) is 0 Å². The summed E-state index contributed by atoms with van der Waals surface area (Å²) in [6.45, 7) is 6.62. The minimum absolute atomic E-state index is 0.0453. The minimum Gasteiger partial charge on any atom is -0.343 e. The molecular weight excluding hydrogens is 204 g/mol. The van der Waals surface area contributed by atoms with Gasteiger partial charge in [-0.1, -0.05) is 6.92 Å². The van der Waals surface area contributed by atoms with Gasteiger partial charge in [-0.15, -0.1) is 0 Å². The fraction of sp³-hybridized carbons (Fsp3) is 0.636. The van der Waals surface area contributed by atoms with E-state index in [-0.39, 0.29) is 5.91 Å². The van der Waals surface area contributed by atoms with Gasteiger partial charge in [-0.05, 0) is 20.3 Å². The predicted octanol–water partition coefficient (Wildman–Crippen LogP) is 1.15. The van der Waals surface area contributed by atoms with E-state index in [1.807, 2.05) is 18.7 Å². The Balaban J connectivity index is 2.53. The van der Waals surface area contributed by atoms with Crippen LogP contribution in [0.3, 0.4) is 0 Å². The number of aromatic nitrogens is 2. The van der Waals surface area contributed by atoms with Crippen molar-refractivity contribution in [2.24, 2.45) is 7.05 Å². The van der Waals surface area contributed by atoms with Gasteiger partial charge in [-0.25, -0.2) is 0 Å². The second kappa shape index (κ2) is 3.81. The van der Waals surface area contributed by atoms with Crippen LogP contribution in [0.4, 0.5) is 11.5 Å². The van der Waals surface area contributed by atoms with Crippen LogP contribution < -0.4 is 10.2 Å². The second-order valence-corrected chi connectivity index (χ2v) is 4.39. The normalized spacial score (nSPS) is 15.3. The van der Waals surface area contributed by atoms with E-state index in [0.717, 1.165) is 23.6 Å². The van der Waals surface area contributed by atoms with Crippen molar-refractivity contribution in [3.63, 3.8) is 0 Å². The summed E-state index contributed by atoms with van der Waals surface area (Å²) in [5.41, 5.74) is 1.84. The summed E-state index contributed by atoms with van der Waals surface area (Å²) >= 11 is 0. The SMILES string of the molecule is CCc1nn(C)c2c1NC(=O)CN2C(C)C. The zero-order valence-corrected chi connectivity index (χ0v) is 10.2. The monoisotopic (exact) mass is 222 g/mol. The van der Waals surface area contributed by atoms with E-state index in [4.69, 9.17) is 0 Å². The van der Waals surface area contributed by atoms with Crippen LogP contribution in [0.25, 0.3) is 0 Å². The third-order valence-corrected chi connectivity index (χ3v) is 2.90. The molecule has 2 heterocycles. The van der Waals surface area contributed by atoms with Gasteiger partial charge in [-0.2, -0.15) is 5.10 Å². The Bertz CT molecular complexity index is 422. The van der Waals surface area contributed by atoms with Gasteiger partial charge in [-0.3, -0.25) is 9.48 Å². The molecular formula is C11H18N4O. The van der Waals surface area contributed by atoms with E-state index in [9.17, 15) is 4.79 Å². The Labute approximate surface area is 95.4 Å². The number of anilines is 2. The van der Waals surface area contributed by atoms with Crippen LogP contribution in [0, 0.1) is 0 Å². The first kappa shape index (κ1) is 11.0. The summed E-state index contributed by atoms with van der Waals surface area (Å²) in [4.78, 5) is 13.7. The van der Waals surface area contributed by atoms with Crippen molar-refractivity contribution in [3.8, 4) is 0 Å². The number of fused-ring (bicyclic) bond motifs is 1. The summed E-state index contributed by atoms with van der Waals surface area (Å²) in [5.74, 6) is 1.07. The molecule has 0 atom stereocenters. The smallest absolute Gasteiger partial charge is 0.244 e. The van der Waals surface area contributed by atoms with Crippen LogP contribution in [0.1, 0.15) is 26.5 Å². The number of carbonyl (C=O) groups is 1. The van der Waals surface area contributed by atoms with Gasteiger partial charge >= 0.3 is 0 Å². The fourth-order valence-corrected chi connectivity index (χ4v) is 2.11. The molecule has 2 rings (SSSR count). The van der Waals surface area contributed by atoms with Crippen LogP contribution in [-0.2, 0) is 18.3 Å². The highest BCUT2D eigenvalue weighted by atomic mass is 16.2. The molecule has 0 saturated heterocycles. The Morgan fingerprint density at radius 2 is 2.19 bits per heavy atom. The standard InChI is InChI=1S/C11H18N4O/c1-5-8-10-11(14(4)13-8)15(7(2)3)6-9(16)12-10/h7H,5-6H2,1-4H3,(H,12,16). The summed E-state index contributed by atoms with van der Waals surface area (Å²) < 4.78 is 1.85. The van der Waals surface area contributed by atoms with Gasteiger partial charge in [0.15, 0.2) is 5.82 Å². The van der Waals surface area contributed by atoms with Crippen LogP contribution in [0.2, 0.25) is 0 Å². The first-order chi connectivity index (χ1) is 7.54. The largest absolute Gasteiger partial charge is 0.343 e. The highest BCUT2D eigenvalue weighted by Gasteiger charge is 2.29. The van der Waals surface area contributed by atoms with Crippen molar-refractivity contribution >= 4 is 17.4 Å². The number of hydrogen-bond donors (Lipinski definition) is 1. The van der Waals surface area contributed by atoms with Gasteiger partial charge in [0, 0.05) is 13.1 Å². The Hall–Kier alpha value is -1.52. The van der Waals surface area contributed by atoms with Crippen LogP contribution in [0.5, 0.6) is 0 Å². The van der Waals surface area contributed by atoms with Crippen LogP contribution >= 0.6 is 0 Å². The molecule has 0 unspecified atom stereocenters. The van der Waals surface area contributed by atoms with Crippen molar-refractivity contribution in [2.75, 3.05) is 16.8 Å². The molecule has 88 valence electrons. The van der Waals surface area contributed by atoms with E-state index in [2.05, 4.69) is 29.2 Å². The molecule has 0 saturated carbocycles. The van der Waals surface area contributed by atoms with Crippen LogP contribution in [-0.4, -0.2) is 28.3 Å². The topological polar surface area (TPSA) is 50.2 Å². The molecule has 1 N–H and O–H groups in total. The summed E-state index contributed by atoms with van der Waals surface area (Å²) in [6, 6.07) is 0.296. The third-order valence-electron chi connectivity index (χ3n) is 2.90. The summed E-state index contributed by atoms with van der Waals surface area (Å²) in [5, 5.41) is 7.36. The zero-order valence-electron chi connectivity index (χ0n) is 10.2. The lowest BCUT2D eigenvalue weighted by molar-refractivity contribution is -0.115. The number of amides is 1. The molecule has 5 heteroatoms. The number of carbonyl (C=O) groups excluding carboxylic acids is 1. The molecule has 1 amide bonds. The molecule has 0 bridgehead atoms. The first-order valence-electron chi connectivity index (χ1n) is 5.67. The maximum absolute atomic E-state index is 11.6. The maximum Gasteiger partial charge on any atom is 0.244 e. The van der Waals surface area contributed by atoms with Gasteiger partial charge in [0.2, 0.25) is 5.91 Å². The number of nitrogens with zero attached hydrogens (tertiary/aromatic N) is 3. The Kier molecular flexibility index (Phi) is 2.61. The number of aryl methyl sites for hydroxylation is 2. The summed E-state index contributed by atoms with van der Waals surface area (Å²) in [7, 11) is 1.92. The van der Waals surface area contributed by atoms with Gasteiger partial charge in [0.05, 0.1) is 12.2 Å². The summed E-state index contributed by atoms with van der Waals surface area (Å²) in [6.07, 6.45) is 0.829. The van der Waals surface area contributed by atoms with E-state index in [1.165, 1.54) is 0 Å². The molecule has 16 heavy (non-hydrogen) atoms. The first-order valence-corrected chi connectivity index (χ1v) is 5.67. The minimum atomic E-state index is 0.0453. The molecule has 1 aromatic rings. The zero-order chi connectivity index (χ0) is 11.9. The molecule has 0 aliphatic carbocycles. The molecule has 0 fully saturated rings. The van der Waals surface area contributed by atoms with Crippen molar-refractivity contribution < 1.29 is 4.79 Å². The van der Waals surface area contributed by atoms with E-state index >= 15 is 0 Å². The van der Waals surface area contributed by atoms with Crippen molar-refractivity contribution in [3.05, 3.63) is 5.69 Å². The van der Waals surface area contributed by atoms with Crippen molar-refractivity contribution in [1.29, 1.82) is 0 Å². The average molecular weight is 222 g/mol. The maximum atomic E-state index is 11.6. The number of rotatable bonds is 2. The van der Waals surface area contributed by atoms with Gasteiger partial charge < -0.3 is 10.2 Å². The molecule has 1 aromatic heterocycles. The van der Waals surface area contributed by atoms with Crippen molar-refractivity contribution in [1.82, 2.24) is 9.78 Å². The van der Waals surface area contributed by atoms with E-state index < -0.39 is 0 Å². The second-order valence-electron chi connectivity index (χ2n) is 4.39. The molecule has 5 nitrogen and oxygen atoms in total. The van der Waals surface area contributed by atoms with E-state index in [0.29, 0.717) is 12.6 Å². The number of hydrogen-bond acceptors (Lipinski definition) is 3. The quantitative estimate of drug-likeness (QED) is 0.816. The molecule has 0 radical (unpaired) electrons. The lowest BCUT2D eigenvalue weighted by Gasteiger charge is -2.32. The highest BCUT2D eigenvalue weighted by molar-refractivity contribution is 6.01. The fourth-order valence-electron chi connectivity index (χ4n) is 2.11. The lowest BCUT2D eigenvalue weighted by Crippen LogP contribution is -2.43. The molecule has 0 aromatic carbocycles. The van der Waals surface area contributed by atoms with Crippen molar-refractivity contribution in [2.45, 2.75) is 33.2 Å². The molecule has 1 aliphatic rings. The van der Waals surface area contributed by atoms with Crippen LogP contribution in [0.15, 0.2) is 0 Å². The number of nitrogens with one attached hydrogen (secondary N) is 1. The van der Waals surface area contributed by atoms with E-state index in [1.54, 1.807) is 0 Å². The Morgan fingerprint density at radius 3 is 2.75 bits per heavy atom. The third kappa shape index (κ3) is 1.56.